The molecule has 4 heteroatoms. The third-order valence-corrected chi connectivity index (χ3v) is 2.92. The molecule has 0 aliphatic rings. The Morgan fingerprint density at radius 1 is 1.00 bits per heavy atom. The summed E-state index contributed by atoms with van der Waals surface area (Å²) in [5.41, 5.74) is 0.683. The molecule has 0 atom stereocenters. The minimum Gasteiger partial charge on any atom is -0.211 e. The topological polar surface area (TPSA) is 57.9 Å². The van der Waals surface area contributed by atoms with Gasteiger partial charge in [-0.3, -0.25) is 0 Å². The van der Waals surface area contributed by atoms with Gasteiger partial charge in [-0.2, -0.15) is 0 Å². The lowest BCUT2D eigenvalue weighted by Gasteiger charge is -2.04. The molecule has 0 amide bonds. The zero-order valence-electron chi connectivity index (χ0n) is 7.97. The van der Waals surface area contributed by atoms with Crippen LogP contribution in [0.25, 0.3) is 10.8 Å². The monoisotopic (exact) mass is 220 g/mol. The molecule has 0 aromatic heterocycles. The van der Waals surface area contributed by atoms with Crippen LogP contribution in [0.1, 0.15) is 5.56 Å². The van der Waals surface area contributed by atoms with Crippen LogP contribution in [0.2, 0.25) is 0 Å². The van der Waals surface area contributed by atoms with Gasteiger partial charge in [0.15, 0.2) is 0 Å². The highest BCUT2D eigenvalue weighted by molar-refractivity contribution is 7.88. The Balaban J connectivity index is 2.61. The van der Waals surface area contributed by atoms with Gasteiger partial charge in [-0.1, -0.05) is 42.5 Å². The van der Waals surface area contributed by atoms with E-state index in [1.54, 1.807) is 6.07 Å². The predicted octanol–water partition coefficient (Wildman–Crippen LogP) is 1.95. The van der Waals surface area contributed by atoms with Crippen molar-refractivity contribution in [1.29, 1.82) is 0 Å². The minimum absolute atomic E-state index is 0.228. The van der Waals surface area contributed by atoms with Gasteiger partial charge in [0.25, 0.3) is 0 Å². The molecular weight excluding hydrogens is 210 g/mol. The molecule has 2 aromatic rings. The maximum Gasteiger partial charge on any atom is 0.229 e. The van der Waals surface area contributed by atoms with Crippen molar-refractivity contribution in [2.24, 2.45) is 0 Å². The first kappa shape index (κ1) is 10.1. The van der Waals surface area contributed by atoms with Crippen molar-refractivity contribution >= 4 is 20.8 Å². The molecule has 77 valence electrons. The highest BCUT2D eigenvalue weighted by Crippen LogP contribution is 2.19. The number of benzene rings is 2. The van der Waals surface area contributed by atoms with Gasteiger partial charge in [0.2, 0.25) is 10.0 Å². The normalized spacial score (nSPS) is 11.8. The fourth-order valence-electron chi connectivity index (χ4n) is 1.62. The van der Waals surface area contributed by atoms with Gasteiger partial charge in [0, 0.05) is 0 Å². The van der Waals surface area contributed by atoms with Gasteiger partial charge in [-0.05, 0) is 16.3 Å². The van der Waals surface area contributed by atoms with Crippen LogP contribution in [-0.4, -0.2) is 8.42 Å². The van der Waals surface area contributed by atoms with Crippen LogP contribution in [0.5, 0.6) is 0 Å². The van der Waals surface area contributed by atoms with E-state index >= 15 is 0 Å². The molecule has 1 N–H and O–H groups in total. The summed E-state index contributed by atoms with van der Waals surface area (Å²) in [6, 6.07) is 13.0. The third-order valence-electron chi connectivity index (χ3n) is 2.23. The Kier molecular flexibility index (Phi) is 2.46. The molecule has 0 saturated carbocycles. The van der Waals surface area contributed by atoms with Crippen molar-refractivity contribution in [3.63, 3.8) is 0 Å². The SMILES string of the molecule is [NH]S(=O)(=O)Cc1cccc2ccccc12. The maximum absolute atomic E-state index is 10.9. The Morgan fingerprint density at radius 3 is 2.40 bits per heavy atom. The average molecular weight is 220 g/mol. The summed E-state index contributed by atoms with van der Waals surface area (Å²) in [7, 11) is -3.72. The summed E-state index contributed by atoms with van der Waals surface area (Å²) in [5, 5.41) is 8.81. The molecule has 3 nitrogen and oxygen atoms in total. The van der Waals surface area contributed by atoms with Crippen LogP contribution in [0, 0.1) is 0 Å². The minimum atomic E-state index is -3.72. The molecule has 15 heavy (non-hydrogen) atoms. The summed E-state index contributed by atoms with van der Waals surface area (Å²) in [4.78, 5) is 0. The van der Waals surface area contributed by atoms with Gasteiger partial charge in [-0.15, -0.1) is 5.14 Å². The molecule has 0 saturated heterocycles. The second-order valence-electron chi connectivity index (χ2n) is 3.40. The van der Waals surface area contributed by atoms with Crippen LogP contribution >= 0.6 is 0 Å². The van der Waals surface area contributed by atoms with Crippen molar-refractivity contribution < 1.29 is 8.42 Å². The first-order chi connectivity index (χ1) is 7.06. The Morgan fingerprint density at radius 2 is 1.67 bits per heavy atom. The largest absolute Gasteiger partial charge is 0.229 e. The molecule has 0 unspecified atom stereocenters. The van der Waals surface area contributed by atoms with E-state index in [0.29, 0.717) is 5.56 Å². The second kappa shape index (κ2) is 3.64. The number of rotatable bonds is 2. The first-order valence-corrected chi connectivity index (χ1v) is 6.15. The lowest BCUT2D eigenvalue weighted by molar-refractivity contribution is 0.595. The van der Waals surface area contributed by atoms with E-state index in [0.717, 1.165) is 10.8 Å². The van der Waals surface area contributed by atoms with E-state index in [1.807, 2.05) is 36.4 Å². The van der Waals surface area contributed by atoms with Gasteiger partial charge >= 0.3 is 0 Å². The molecular formula is C11H10NO2S. The van der Waals surface area contributed by atoms with Gasteiger partial charge in [0.1, 0.15) is 0 Å². The van der Waals surface area contributed by atoms with Crippen molar-refractivity contribution in [3.05, 3.63) is 48.0 Å². The van der Waals surface area contributed by atoms with Crippen molar-refractivity contribution in [3.8, 4) is 0 Å². The number of nitrogens with one attached hydrogen (secondary N) is 1. The van der Waals surface area contributed by atoms with Gasteiger partial charge in [0.05, 0.1) is 5.75 Å². The van der Waals surface area contributed by atoms with Crippen LogP contribution in [-0.2, 0) is 15.8 Å². The van der Waals surface area contributed by atoms with E-state index in [4.69, 9.17) is 5.14 Å². The molecule has 0 fully saturated rings. The van der Waals surface area contributed by atoms with Crippen LogP contribution < -0.4 is 5.14 Å². The number of sulfonamides is 1. The van der Waals surface area contributed by atoms with E-state index in [9.17, 15) is 8.42 Å². The highest BCUT2D eigenvalue weighted by Gasteiger charge is 2.08. The van der Waals surface area contributed by atoms with E-state index in [2.05, 4.69) is 0 Å². The number of hydrogen-bond donors (Lipinski definition) is 0. The van der Waals surface area contributed by atoms with E-state index < -0.39 is 10.0 Å². The Hall–Kier alpha value is -1.39. The fourth-order valence-corrected chi connectivity index (χ4v) is 2.28. The molecule has 2 aromatic carbocycles. The second-order valence-corrected chi connectivity index (χ2v) is 4.92. The summed E-state index contributed by atoms with van der Waals surface area (Å²) >= 11 is 0. The lowest BCUT2D eigenvalue weighted by atomic mass is 10.1. The molecule has 0 spiro atoms. The van der Waals surface area contributed by atoms with E-state index in [1.165, 1.54) is 0 Å². The van der Waals surface area contributed by atoms with E-state index in [-0.39, 0.29) is 5.75 Å². The molecule has 0 aliphatic carbocycles. The zero-order valence-corrected chi connectivity index (χ0v) is 8.79. The van der Waals surface area contributed by atoms with Crippen molar-refractivity contribution in [1.82, 2.24) is 5.14 Å². The van der Waals surface area contributed by atoms with Crippen LogP contribution in [0.4, 0.5) is 0 Å². The van der Waals surface area contributed by atoms with Gasteiger partial charge in [-0.25, -0.2) is 8.42 Å². The highest BCUT2D eigenvalue weighted by atomic mass is 32.2. The Labute approximate surface area is 88.6 Å². The molecule has 0 bridgehead atoms. The molecule has 2 rings (SSSR count). The first-order valence-electron chi connectivity index (χ1n) is 4.50. The maximum atomic E-state index is 10.9. The van der Waals surface area contributed by atoms with Crippen molar-refractivity contribution in [2.45, 2.75) is 5.75 Å². The number of fused-ring (bicyclic) bond motifs is 1. The molecule has 1 radical (unpaired) electrons. The smallest absolute Gasteiger partial charge is 0.211 e. The number of hydrogen-bond acceptors (Lipinski definition) is 2. The summed E-state index contributed by atoms with van der Waals surface area (Å²) in [5.74, 6) is -0.228. The standard InChI is InChI=1S/C11H10NO2S/c12-15(13,14)8-10-6-3-5-9-4-1-2-7-11(9)10/h1-7,12H,8H2. The average Bonchev–Trinajstić information content (AvgIpc) is 2.16. The quantitative estimate of drug-likeness (QED) is 0.776. The summed E-state index contributed by atoms with van der Waals surface area (Å²) in [6.07, 6.45) is 0. The molecule has 0 heterocycles. The molecule has 0 aliphatic heterocycles. The summed E-state index contributed by atoms with van der Waals surface area (Å²) < 4.78 is 21.8. The lowest BCUT2D eigenvalue weighted by Crippen LogP contribution is -2.04. The zero-order chi connectivity index (χ0) is 10.9. The third kappa shape index (κ3) is 2.34. The predicted molar refractivity (Wildman–Crippen MR) is 59.7 cm³/mol. The van der Waals surface area contributed by atoms with Crippen LogP contribution in [0.15, 0.2) is 42.5 Å². The fraction of sp³-hybridized carbons (Fsp3) is 0.0909. The Bertz CT molecular complexity index is 585. The van der Waals surface area contributed by atoms with Crippen molar-refractivity contribution in [2.75, 3.05) is 0 Å². The summed E-state index contributed by atoms with van der Waals surface area (Å²) in [6.45, 7) is 0. The van der Waals surface area contributed by atoms with Gasteiger partial charge < -0.3 is 0 Å². The van der Waals surface area contributed by atoms with Crippen LogP contribution in [0.3, 0.4) is 0 Å².